The fourth-order valence-corrected chi connectivity index (χ4v) is 4.42. The molecule has 4 rings (SSSR count). The van der Waals surface area contributed by atoms with Gasteiger partial charge in [0.2, 0.25) is 5.95 Å². The number of carbonyl (C=O) groups excluding carboxylic acids is 1. The second kappa shape index (κ2) is 9.44. The second-order valence-electron chi connectivity index (χ2n) is 8.65. The summed E-state index contributed by atoms with van der Waals surface area (Å²) in [5, 5.41) is 4.13. The molecule has 1 fully saturated rings. The van der Waals surface area contributed by atoms with E-state index in [0.717, 1.165) is 33.8 Å². The Hall–Kier alpha value is -3.43. The Morgan fingerprint density at radius 1 is 1.06 bits per heavy atom. The smallest absolute Gasteiger partial charge is 0.362 e. The molecule has 34 heavy (non-hydrogen) atoms. The Morgan fingerprint density at radius 2 is 1.76 bits per heavy atom. The summed E-state index contributed by atoms with van der Waals surface area (Å²) in [5.41, 5.74) is 0.821. The van der Waals surface area contributed by atoms with E-state index in [4.69, 9.17) is 0 Å². The van der Waals surface area contributed by atoms with Gasteiger partial charge in [0.1, 0.15) is 11.6 Å². The number of fused-ring (bicyclic) bond motifs is 1. The van der Waals surface area contributed by atoms with Crippen LogP contribution in [0.3, 0.4) is 0 Å². The molecule has 3 aromatic rings. The molecule has 6 nitrogen and oxygen atoms in total. The van der Waals surface area contributed by atoms with Gasteiger partial charge in [-0.25, -0.2) is 9.37 Å². The molecule has 0 bridgehead atoms. The molecule has 0 unspecified atom stereocenters. The van der Waals surface area contributed by atoms with Gasteiger partial charge in [0, 0.05) is 37.8 Å². The third kappa shape index (κ3) is 5.05. The van der Waals surface area contributed by atoms with Gasteiger partial charge in [0.15, 0.2) is 0 Å². The number of para-hydroxylation sites is 1. The highest BCUT2D eigenvalue weighted by Gasteiger charge is 2.46. The van der Waals surface area contributed by atoms with Crippen molar-refractivity contribution in [1.82, 2.24) is 9.97 Å². The summed E-state index contributed by atoms with van der Waals surface area (Å²) in [6.07, 6.45) is -3.60. The van der Waals surface area contributed by atoms with Crippen LogP contribution in [0.5, 0.6) is 0 Å². The molecule has 2 aromatic carbocycles. The van der Waals surface area contributed by atoms with Gasteiger partial charge < -0.3 is 15.1 Å². The SMILES string of the molecule is CN(C)c1nc(NC[C@@H]2CC[C@H](N(C(=O)C(F)(F)F)c3ccc(F)cc3)C2)nc2ccccc12. The van der Waals surface area contributed by atoms with Gasteiger partial charge in [0.05, 0.1) is 5.52 Å². The first-order valence-electron chi connectivity index (χ1n) is 11.0. The predicted octanol–water partition coefficient (Wildman–Crippen LogP) is 5.01. The molecule has 2 atom stereocenters. The van der Waals surface area contributed by atoms with Crippen molar-refractivity contribution in [2.45, 2.75) is 31.5 Å². The van der Waals surface area contributed by atoms with Crippen molar-refractivity contribution in [2.75, 3.05) is 35.8 Å². The van der Waals surface area contributed by atoms with E-state index in [1.807, 2.05) is 43.3 Å². The molecule has 1 amide bonds. The molecule has 1 aliphatic rings. The van der Waals surface area contributed by atoms with Crippen molar-refractivity contribution >= 4 is 34.3 Å². The van der Waals surface area contributed by atoms with Gasteiger partial charge in [0.25, 0.3) is 0 Å². The zero-order valence-electron chi connectivity index (χ0n) is 18.8. The Balaban J connectivity index is 1.49. The molecule has 1 N–H and O–H groups in total. The van der Waals surface area contributed by atoms with Crippen LogP contribution in [0.15, 0.2) is 48.5 Å². The molecule has 180 valence electrons. The molecule has 10 heteroatoms. The van der Waals surface area contributed by atoms with E-state index >= 15 is 0 Å². The number of benzene rings is 2. The summed E-state index contributed by atoms with van der Waals surface area (Å²) in [5.74, 6) is -1.30. The normalized spacial score (nSPS) is 18.2. The average Bonchev–Trinajstić information content (AvgIpc) is 3.26. The highest BCUT2D eigenvalue weighted by Crippen LogP contribution is 2.35. The Bertz CT molecular complexity index is 1170. The number of halogens is 4. The summed E-state index contributed by atoms with van der Waals surface area (Å²) in [6, 6.07) is 11.5. The first-order chi connectivity index (χ1) is 16.1. The maximum absolute atomic E-state index is 13.3. The van der Waals surface area contributed by atoms with Crippen LogP contribution in [0.2, 0.25) is 0 Å². The standard InChI is InChI=1S/C24H25F4N5O/c1-32(2)21-19-5-3-4-6-20(19)30-23(31-21)29-14-15-7-10-18(13-15)33(22(34)24(26,27)28)17-11-8-16(25)9-12-17/h3-6,8-9,11-12,15,18H,7,10,13-14H2,1-2H3,(H,29,30,31)/t15-,18+/m1/s1. The van der Waals surface area contributed by atoms with Crippen LogP contribution in [-0.2, 0) is 4.79 Å². The summed E-state index contributed by atoms with van der Waals surface area (Å²) in [7, 11) is 3.78. The summed E-state index contributed by atoms with van der Waals surface area (Å²) < 4.78 is 53.3. The lowest BCUT2D eigenvalue weighted by Gasteiger charge is -2.30. The van der Waals surface area contributed by atoms with E-state index in [0.29, 0.717) is 31.8 Å². The maximum atomic E-state index is 13.3. The average molecular weight is 475 g/mol. The minimum atomic E-state index is -5.02. The molecule has 1 aliphatic carbocycles. The van der Waals surface area contributed by atoms with Crippen molar-refractivity contribution in [3.05, 3.63) is 54.3 Å². The van der Waals surface area contributed by atoms with E-state index in [9.17, 15) is 22.4 Å². The van der Waals surface area contributed by atoms with Crippen LogP contribution in [0, 0.1) is 11.7 Å². The minimum Gasteiger partial charge on any atom is -0.362 e. The van der Waals surface area contributed by atoms with Crippen LogP contribution >= 0.6 is 0 Å². The van der Waals surface area contributed by atoms with Gasteiger partial charge >= 0.3 is 12.1 Å². The van der Waals surface area contributed by atoms with Crippen LogP contribution in [0.25, 0.3) is 10.9 Å². The Kier molecular flexibility index (Phi) is 6.58. The second-order valence-corrected chi connectivity index (χ2v) is 8.65. The minimum absolute atomic E-state index is 0.0202. The lowest BCUT2D eigenvalue weighted by atomic mass is 10.1. The highest BCUT2D eigenvalue weighted by atomic mass is 19.4. The highest BCUT2D eigenvalue weighted by molar-refractivity contribution is 5.98. The third-order valence-corrected chi connectivity index (χ3v) is 6.00. The van der Waals surface area contributed by atoms with E-state index in [-0.39, 0.29) is 11.6 Å². The number of hydrogen-bond acceptors (Lipinski definition) is 5. The van der Waals surface area contributed by atoms with E-state index in [1.165, 1.54) is 12.1 Å². The van der Waals surface area contributed by atoms with Gasteiger partial charge in [-0.2, -0.15) is 18.2 Å². The van der Waals surface area contributed by atoms with Gasteiger partial charge in [-0.15, -0.1) is 0 Å². The van der Waals surface area contributed by atoms with E-state index in [2.05, 4.69) is 15.3 Å². The number of anilines is 3. The number of rotatable bonds is 6. The van der Waals surface area contributed by atoms with Crippen LogP contribution < -0.4 is 15.1 Å². The fraction of sp³-hybridized carbons (Fsp3) is 0.375. The molecule has 0 saturated heterocycles. The van der Waals surface area contributed by atoms with Crippen molar-refractivity contribution in [1.29, 1.82) is 0 Å². The van der Waals surface area contributed by atoms with Crippen LogP contribution in [-0.4, -0.2) is 48.7 Å². The fourth-order valence-electron chi connectivity index (χ4n) is 4.42. The first kappa shape index (κ1) is 23.7. The molecule has 0 spiro atoms. The number of alkyl halides is 3. The summed E-state index contributed by atoms with van der Waals surface area (Å²) in [4.78, 5) is 24.0. The van der Waals surface area contributed by atoms with E-state index < -0.39 is 23.9 Å². The lowest BCUT2D eigenvalue weighted by molar-refractivity contribution is -0.171. The van der Waals surface area contributed by atoms with Gasteiger partial charge in [-0.3, -0.25) is 4.79 Å². The number of nitrogens with zero attached hydrogens (tertiary/aromatic N) is 4. The lowest BCUT2D eigenvalue weighted by Crippen LogP contribution is -2.46. The van der Waals surface area contributed by atoms with Crippen LogP contribution in [0.1, 0.15) is 19.3 Å². The largest absolute Gasteiger partial charge is 0.471 e. The first-order valence-corrected chi connectivity index (χ1v) is 11.0. The van der Waals surface area contributed by atoms with Crippen LogP contribution in [0.4, 0.5) is 35.0 Å². The zero-order chi connectivity index (χ0) is 24.5. The van der Waals surface area contributed by atoms with Crippen molar-refractivity contribution < 1.29 is 22.4 Å². The van der Waals surface area contributed by atoms with Gasteiger partial charge in [-0.1, -0.05) is 12.1 Å². The molecule has 1 aromatic heterocycles. The molecular formula is C24H25F4N5O. The number of carbonyl (C=O) groups is 1. The molecule has 1 heterocycles. The third-order valence-electron chi connectivity index (χ3n) is 6.00. The number of hydrogen-bond donors (Lipinski definition) is 1. The van der Waals surface area contributed by atoms with Gasteiger partial charge in [-0.05, 0) is 61.6 Å². The monoisotopic (exact) mass is 475 g/mol. The summed E-state index contributed by atoms with van der Waals surface area (Å²) >= 11 is 0. The molecule has 0 aliphatic heterocycles. The predicted molar refractivity (Wildman–Crippen MR) is 123 cm³/mol. The maximum Gasteiger partial charge on any atom is 0.471 e. The zero-order valence-corrected chi connectivity index (χ0v) is 18.8. The number of aromatic nitrogens is 2. The van der Waals surface area contributed by atoms with Crippen molar-refractivity contribution in [2.24, 2.45) is 5.92 Å². The van der Waals surface area contributed by atoms with E-state index in [1.54, 1.807) is 0 Å². The number of amides is 1. The molecule has 1 saturated carbocycles. The molecular weight excluding hydrogens is 450 g/mol. The quantitative estimate of drug-likeness (QED) is 0.508. The Labute approximate surface area is 194 Å². The number of nitrogens with one attached hydrogen (secondary N) is 1. The van der Waals surface area contributed by atoms with Crippen molar-refractivity contribution in [3.8, 4) is 0 Å². The summed E-state index contributed by atoms with van der Waals surface area (Å²) in [6.45, 7) is 0.458. The Morgan fingerprint density at radius 3 is 2.44 bits per heavy atom. The molecule has 0 radical (unpaired) electrons. The topological polar surface area (TPSA) is 61.4 Å². The van der Waals surface area contributed by atoms with Crippen molar-refractivity contribution in [3.63, 3.8) is 0 Å².